The Morgan fingerprint density at radius 2 is 1.64 bits per heavy atom. The van der Waals surface area contributed by atoms with Crippen LogP contribution >= 0.6 is 0 Å². The van der Waals surface area contributed by atoms with Crippen molar-refractivity contribution >= 4 is 6.08 Å². The van der Waals surface area contributed by atoms with Gasteiger partial charge in [0.1, 0.15) is 0 Å². The van der Waals surface area contributed by atoms with E-state index in [-0.39, 0.29) is 12.0 Å². The minimum Gasteiger partial charge on any atom is -0.399 e. The van der Waals surface area contributed by atoms with Crippen LogP contribution in [-0.2, 0) is 6.42 Å². The monoisotopic (exact) mass is 402 g/mol. The predicted octanol–water partition coefficient (Wildman–Crippen LogP) is 7.58. The number of benzene rings is 1. The van der Waals surface area contributed by atoms with Gasteiger partial charge in [-0.2, -0.15) is 0 Å². The Morgan fingerprint density at radius 3 is 2.25 bits per heavy atom. The van der Waals surface area contributed by atoms with E-state index in [1.54, 1.807) is 6.08 Å². The Bertz CT molecular complexity index is 715. The van der Waals surface area contributed by atoms with Crippen LogP contribution in [0.4, 0.5) is 22.0 Å². The zero-order valence-electron chi connectivity index (χ0n) is 16.2. The van der Waals surface area contributed by atoms with Crippen LogP contribution in [0.25, 0.3) is 6.08 Å². The topological polar surface area (TPSA) is 9.23 Å². The molecular weight excluding hydrogens is 375 g/mol. The van der Waals surface area contributed by atoms with Gasteiger partial charge in [-0.05, 0) is 54.7 Å². The summed E-state index contributed by atoms with van der Waals surface area (Å²) in [6.45, 7) is 2.23. The van der Waals surface area contributed by atoms with E-state index in [1.165, 1.54) is 38.5 Å². The average molecular weight is 402 g/mol. The molecule has 0 saturated heterocycles. The summed E-state index contributed by atoms with van der Waals surface area (Å²) < 4.78 is 69.0. The van der Waals surface area contributed by atoms with Crippen molar-refractivity contribution in [3.05, 3.63) is 34.4 Å². The molecule has 0 atom stereocenters. The quantitative estimate of drug-likeness (QED) is 0.446. The Morgan fingerprint density at radius 1 is 1.00 bits per heavy atom. The van der Waals surface area contributed by atoms with E-state index in [4.69, 9.17) is 0 Å². The lowest BCUT2D eigenvalue weighted by Gasteiger charge is -2.29. The van der Waals surface area contributed by atoms with Crippen molar-refractivity contribution in [3.63, 3.8) is 0 Å². The van der Waals surface area contributed by atoms with Crippen LogP contribution in [0.15, 0.2) is 11.6 Å². The van der Waals surface area contributed by atoms with Crippen molar-refractivity contribution in [2.75, 3.05) is 0 Å². The Labute approximate surface area is 163 Å². The van der Waals surface area contributed by atoms with Crippen molar-refractivity contribution in [1.29, 1.82) is 0 Å². The fraction of sp³-hybridized carbons (Fsp3) is 0.636. The van der Waals surface area contributed by atoms with Crippen molar-refractivity contribution in [2.24, 2.45) is 11.8 Å². The molecule has 0 unspecified atom stereocenters. The highest BCUT2D eigenvalue weighted by molar-refractivity contribution is 5.61. The third kappa shape index (κ3) is 5.26. The highest BCUT2D eigenvalue weighted by atomic mass is 19.4. The molecule has 1 fully saturated rings. The Balaban J connectivity index is 1.63. The van der Waals surface area contributed by atoms with E-state index in [2.05, 4.69) is 11.7 Å². The van der Waals surface area contributed by atoms with Crippen molar-refractivity contribution in [2.45, 2.75) is 77.5 Å². The Kier molecular flexibility index (Phi) is 6.66. The van der Waals surface area contributed by atoms with Crippen LogP contribution < -0.4 is 4.74 Å². The lowest BCUT2D eigenvalue weighted by molar-refractivity contribution is -0.276. The molecule has 2 aliphatic rings. The highest BCUT2D eigenvalue weighted by Gasteiger charge is 2.35. The number of rotatable bonds is 6. The molecular formula is C22H27F5O. The lowest BCUT2D eigenvalue weighted by Crippen LogP contribution is -2.20. The van der Waals surface area contributed by atoms with Gasteiger partial charge in [0.2, 0.25) is 5.75 Å². The summed E-state index contributed by atoms with van der Waals surface area (Å²) in [5, 5.41) is 0. The molecule has 1 aromatic carbocycles. The number of alkyl halides is 3. The predicted molar refractivity (Wildman–Crippen MR) is 98.9 cm³/mol. The summed E-state index contributed by atoms with van der Waals surface area (Å²) in [6.07, 6.45) is 7.05. The number of ether oxygens (including phenoxy) is 1. The Hall–Kier alpha value is -1.59. The first-order chi connectivity index (χ1) is 13.3. The van der Waals surface area contributed by atoms with Gasteiger partial charge in [0.25, 0.3) is 0 Å². The molecule has 1 saturated carbocycles. The van der Waals surface area contributed by atoms with E-state index >= 15 is 0 Å². The fourth-order valence-corrected chi connectivity index (χ4v) is 4.63. The summed E-state index contributed by atoms with van der Waals surface area (Å²) >= 11 is 0. The van der Waals surface area contributed by atoms with Crippen LogP contribution in [0.5, 0.6) is 5.75 Å². The molecule has 0 aromatic heterocycles. The maximum atomic E-state index is 14.4. The first kappa shape index (κ1) is 21.1. The number of hydrogen-bond donors (Lipinski definition) is 0. The molecule has 6 heteroatoms. The first-order valence-corrected chi connectivity index (χ1v) is 10.2. The molecule has 0 aliphatic heterocycles. The molecule has 2 aliphatic carbocycles. The van der Waals surface area contributed by atoms with Gasteiger partial charge in [0.15, 0.2) is 11.6 Å². The second kappa shape index (κ2) is 8.83. The van der Waals surface area contributed by atoms with Crippen LogP contribution in [0, 0.1) is 23.5 Å². The van der Waals surface area contributed by atoms with E-state index in [9.17, 15) is 22.0 Å². The van der Waals surface area contributed by atoms with Crippen LogP contribution in [0.3, 0.4) is 0 Å². The summed E-state index contributed by atoms with van der Waals surface area (Å²) in [5.74, 6) is -2.35. The van der Waals surface area contributed by atoms with Gasteiger partial charge in [-0.15, -0.1) is 13.2 Å². The zero-order valence-corrected chi connectivity index (χ0v) is 16.2. The van der Waals surface area contributed by atoms with Crippen LogP contribution in [0.1, 0.15) is 75.8 Å². The maximum Gasteiger partial charge on any atom is 0.573 e. The van der Waals surface area contributed by atoms with Gasteiger partial charge in [0.05, 0.1) is 0 Å². The van der Waals surface area contributed by atoms with Gasteiger partial charge in [-0.1, -0.05) is 57.1 Å². The summed E-state index contributed by atoms with van der Waals surface area (Å²) in [6, 6.07) is 0.953. The third-order valence-electron chi connectivity index (χ3n) is 6.12. The second-order valence-electron chi connectivity index (χ2n) is 8.13. The van der Waals surface area contributed by atoms with E-state index in [1.807, 2.05) is 0 Å². The largest absolute Gasteiger partial charge is 0.573 e. The van der Waals surface area contributed by atoms with Crippen molar-refractivity contribution < 1.29 is 26.7 Å². The maximum absolute atomic E-state index is 14.4. The molecule has 1 aromatic rings. The fourth-order valence-electron chi connectivity index (χ4n) is 4.63. The van der Waals surface area contributed by atoms with Gasteiger partial charge in [-0.3, -0.25) is 0 Å². The van der Waals surface area contributed by atoms with Gasteiger partial charge in [0, 0.05) is 0 Å². The molecule has 0 N–H and O–H groups in total. The molecule has 0 amide bonds. The average Bonchev–Trinajstić information content (AvgIpc) is 2.64. The minimum atomic E-state index is -5.12. The standard InChI is InChI=1S/C22H27F5O/c1-2-3-14-4-6-15(7-5-14)8-9-16-10-11-18-17(12-16)13-19(23)21(20(18)24)28-22(25,26)27/h12-15H,2-11H2,1H3. The highest BCUT2D eigenvalue weighted by Crippen LogP contribution is 2.38. The molecule has 1 nitrogen and oxygen atoms in total. The summed E-state index contributed by atoms with van der Waals surface area (Å²) in [4.78, 5) is 0. The number of halogens is 5. The van der Waals surface area contributed by atoms with E-state index in [0.717, 1.165) is 30.4 Å². The SMILES string of the molecule is CCCC1CCC(CCC2=Cc3cc(F)c(OC(F)(F)F)c(F)c3CC2)CC1. The van der Waals surface area contributed by atoms with Gasteiger partial charge < -0.3 is 4.74 Å². The van der Waals surface area contributed by atoms with Gasteiger partial charge >= 0.3 is 6.36 Å². The molecule has 3 rings (SSSR count). The van der Waals surface area contributed by atoms with E-state index < -0.39 is 23.7 Å². The summed E-state index contributed by atoms with van der Waals surface area (Å²) in [5.41, 5.74) is 1.55. The number of hydrogen-bond acceptors (Lipinski definition) is 1. The minimum absolute atomic E-state index is 0.101. The zero-order chi connectivity index (χ0) is 20.3. The molecule has 0 heterocycles. The molecule has 0 bridgehead atoms. The lowest BCUT2D eigenvalue weighted by atomic mass is 9.77. The first-order valence-electron chi connectivity index (χ1n) is 10.2. The molecule has 28 heavy (non-hydrogen) atoms. The van der Waals surface area contributed by atoms with Gasteiger partial charge in [-0.25, -0.2) is 8.78 Å². The van der Waals surface area contributed by atoms with Crippen molar-refractivity contribution in [3.8, 4) is 5.75 Å². The van der Waals surface area contributed by atoms with Crippen LogP contribution in [0.2, 0.25) is 0 Å². The smallest absolute Gasteiger partial charge is 0.399 e. The number of fused-ring (bicyclic) bond motifs is 1. The normalized spacial score (nSPS) is 22.6. The molecule has 0 radical (unpaired) electrons. The third-order valence-corrected chi connectivity index (χ3v) is 6.12. The summed E-state index contributed by atoms with van der Waals surface area (Å²) in [7, 11) is 0. The second-order valence-corrected chi connectivity index (χ2v) is 8.13. The van der Waals surface area contributed by atoms with Crippen molar-refractivity contribution in [1.82, 2.24) is 0 Å². The molecule has 156 valence electrons. The molecule has 0 spiro atoms. The van der Waals surface area contributed by atoms with Crippen LogP contribution in [-0.4, -0.2) is 6.36 Å². The number of allylic oxidation sites excluding steroid dienone is 1. The van der Waals surface area contributed by atoms with E-state index in [0.29, 0.717) is 17.9 Å².